The van der Waals surface area contributed by atoms with Gasteiger partial charge in [-0.2, -0.15) is 11.3 Å². The van der Waals surface area contributed by atoms with Crippen LogP contribution in [0.5, 0.6) is 17.2 Å². The van der Waals surface area contributed by atoms with Crippen LogP contribution >= 0.6 is 22.7 Å². The molecule has 2 heterocycles. The fourth-order valence-electron chi connectivity index (χ4n) is 2.70. The lowest BCUT2D eigenvalue weighted by Crippen LogP contribution is -2.29. The van der Waals surface area contributed by atoms with E-state index in [1.165, 1.54) is 14.2 Å². The predicted molar refractivity (Wildman–Crippen MR) is 104 cm³/mol. The fourth-order valence-corrected chi connectivity index (χ4v) is 4.19. The number of benzene rings is 1. The molecule has 3 rings (SSSR count). The molecular formula is C19H19NO4S2. The van der Waals surface area contributed by atoms with Gasteiger partial charge in [0.1, 0.15) is 0 Å². The summed E-state index contributed by atoms with van der Waals surface area (Å²) in [4.78, 5) is 14.1. The van der Waals surface area contributed by atoms with Crippen LogP contribution in [0.3, 0.4) is 0 Å². The minimum Gasteiger partial charge on any atom is -0.493 e. The molecule has 0 bridgehead atoms. The first kappa shape index (κ1) is 18.3. The lowest BCUT2D eigenvalue weighted by molar-refractivity contribution is 0.0939. The summed E-state index contributed by atoms with van der Waals surface area (Å²) in [5.41, 5.74) is 1.44. The van der Waals surface area contributed by atoms with Crippen molar-refractivity contribution in [3.8, 4) is 17.2 Å². The van der Waals surface area contributed by atoms with Crippen LogP contribution < -0.4 is 19.5 Å². The van der Waals surface area contributed by atoms with E-state index in [0.29, 0.717) is 22.8 Å². The van der Waals surface area contributed by atoms with Crippen molar-refractivity contribution in [3.63, 3.8) is 0 Å². The second kappa shape index (κ2) is 8.25. The Bertz CT molecular complexity index is 826. The van der Waals surface area contributed by atoms with Crippen LogP contribution in [0.1, 0.15) is 26.8 Å². The Morgan fingerprint density at radius 3 is 2.38 bits per heavy atom. The fraction of sp³-hybridized carbons (Fsp3) is 0.211. The lowest BCUT2D eigenvalue weighted by atomic mass is 10.1. The minimum absolute atomic E-state index is 0.216. The van der Waals surface area contributed by atoms with E-state index in [4.69, 9.17) is 14.2 Å². The zero-order valence-corrected chi connectivity index (χ0v) is 16.3. The molecule has 1 amide bonds. The van der Waals surface area contributed by atoms with Gasteiger partial charge >= 0.3 is 0 Å². The number of carbonyl (C=O) groups excluding carboxylic acids is 1. The number of nitrogens with one attached hydrogen (secondary N) is 1. The molecule has 0 saturated carbocycles. The van der Waals surface area contributed by atoms with E-state index in [1.807, 2.05) is 34.3 Å². The summed E-state index contributed by atoms with van der Waals surface area (Å²) in [6.45, 7) is 0. The average molecular weight is 389 g/mol. The molecule has 0 aliphatic rings. The van der Waals surface area contributed by atoms with Gasteiger partial charge in [0, 0.05) is 4.88 Å². The maximum atomic E-state index is 13.0. The Balaban J connectivity index is 1.96. The topological polar surface area (TPSA) is 56.8 Å². The van der Waals surface area contributed by atoms with Gasteiger partial charge in [-0.1, -0.05) is 6.07 Å². The van der Waals surface area contributed by atoms with E-state index in [0.717, 1.165) is 10.4 Å². The molecule has 26 heavy (non-hydrogen) atoms. The molecule has 0 unspecified atom stereocenters. The standard InChI is InChI=1S/C19H19NO4S2/c1-22-14-7-6-13(17(23-2)18(14)24-3)19(21)20-16(12-8-10-25-11-12)15-5-4-9-26-15/h4-11,16H,1-3H3,(H,20,21)/t16-/m0/s1. The highest BCUT2D eigenvalue weighted by molar-refractivity contribution is 7.10. The van der Waals surface area contributed by atoms with Gasteiger partial charge in [0.05, 0.1) is 32.9 Å². The molecule has 0 aliphatic carbocycles. The second-order valence-corrected chi connectivity index (χ2v) is 7.12. The summed E-state index contributed by atoms with van der Waals surface area (Å²) in [5.74, 6) is 1.01. The number of hydrogen-bond donors (Lipinski definition) is 1. The molecule has 1 atom stereocenters. The summed E-state index contributed by atoms with van der Waals surface area (Å²) >= 11 is 3.20. The third-order valence-electron chi connectivity index (χ3n) is 3.93. The van der Waals surface area contributed by atoms with Crippen molar-refractivity contribution in [2.75, 3.05) is 21.3 Å². The van der Waals surface area contributed by atoms with Crippen LogP contribution in [-0.2, 0) is 0 Å². The van der Waals surface area contributed by atoms with Gasteiger partial charge in [-0.3, -0.25) is 4.79 Å². The van der Waals surface area contributed by atoms with Gasteiger partial charge < -0.3 is 19.5 Å². The molecule has 5 nitrogen and oxygen atoms in total. The summed E-state index contributed by atoms with van der Waals surface area (Å²) in [6.07, 6.45) is 0. The molecule has 136 valence electrons. The molecule has 3 aromatic rings. The van der Waals surface area contributed by atoms with Crippen LogP contribution in [0, 0.1) is 0 Å². The number of rotatable bonds is 7. The van der Waals surface area contributed by atoms with Crippen LogP contribution in [0.25, 0.3) is 0 Å². The van der Waals surface area contributed by atoms with E-state index >= 15 is 0 Å². The van der Waals surface area contributed by atoms with Gasteiger partial charge in [-0.05, 0) is 46.0 Å². The second-order valence-electron chi connectivity index (χ2n) is 5.36. The molecule has 0 fully saturated rings. The first-order chi connectivity index (χ1) is 12.7. The van der Waals surface area contributed by atoms with Gasteiger partial charge in [0.25, 0.3) is 5.91 Å². The van der Waals surface area contributed by atoms with Gasteiger partial charge in [-0.25, -0.2) is 0 Å². The zero-order valence-electron chi connectivity index (χ0n) is 14.6. The van der Waals surface area contributed by atoms with Crippen LogP contribution in [-0.4, -0.2) is 27.2 Å². The molecule has 0 spiro atoms. The maximum absolute atomic E-state index is 13.0. The summed E-state index contributed by atoms with van der Waals surface area (Å²) in [7, 11) is 4.56. The van der Waals surface area contributed by atoms with Gasteiger partial charge in [0.2, 0.25) is 5.75 Å². The molecule has 2 aromatic heterocycles. The molecule has 1 N–H and O–H groups in total. The average Bonchev–Trinajstić information content (AvgIpc) is 3.38. The van der Waals surface area contributed by atoms with Gasteiger partial charge in [-0.15, -0.1) is 11.3 Å². The first-order valence-corrected chi connectivity index (χ1v) is 9.67. The van der Waals surface area contributed by atoms with E-state index in [-0.39, 0.29) is 11.9 Å². The summed E-state index contributed by atoms with van der Waals surface area (Å²) < 4.78 is 16.1. The van der Waals surface area contributed by atoms with Crippen molar-refractivity contribution in [1.82, 2.24) is 5.32 Å². The normalized spacial score (nSPS) is 11.7. The third kappa shape index (κ3) is 3.54. The monoisotopic (exact) mass is 389 g/mol. The highest BCUT2D eigenvalue weighted by Gasteiger charge is 2.24. The zero-order chi connectivity index (χ0) is 18.5. The van der Waals surface area contributed by atoms with Crippen molar-refractivity contribution in [3.05, 3.63) is 62.5 Å². The van der Waals surface area contributed by atoms with Crippen molar-refractivity contribution >= 4 is 28.6 Å². The Kier molecular flexibility index (Phi) is 5.80. The van der Waals surface area contributed by atoms with E-state index in [1.54, 1.807) is 41.9 Å². The summed E-state index contributed by atoms with van der Waals surface area (Å²) in [5, 5.41) is 9.14. The Morgan fingerprint density at radius 1 is 1.00 bits per heavy atom. The minimum atomic E-state index is -0.243. The highest BCUT2D eigenvalue weighted by Crippen LogP contribution is 2.40. The number of thiophene rings is 2. The van der Waals surface area contributed by atoms with E-state index in [9.17, 15) is 4.79 Å². The Morgan fingerprint density at radius 2 is 1.81 bits per heavy atom. The number of hydrogen-bond acceptors (Lipinski definition) is 6. The molecular weight excluding hydrogens is 370 g/mol. The van der Waals surface area contributed by atoms with Crippen molar-refractivity contribution in [2.45, 2.75) is 6.04 Å². The van der Waals surface area contributed by atoms with Crippen LogP contribution in [0.2, 0.25) is 0 Å². The van der Waals surface area contributed by atoms with Crippen molar-refractivity contribution in [2.24, 2.45) is 0 Å². The van der Waals surface area contributed by atoms with E-state index in [2.05, 4.69) is 5.32 Å². The van der Waals surface area contributed by atoms with Crippen molar-refractivity contribution < 1.29 is 19.0 Å². The predicted octanol–water partition coefficient (Wildman–Crippen LogP) is 4.35. The number of methoxy groups -OCH3 is 3. The van der Waals surface area contributed by atoms with Crippen LogP contribution in [0.4, 0.5) is 0 Å². The Labute approximate surface area is 160 Å². The smallest absolute Gasteiger partial charge is 0.255 e. The third-order valence-corrected chi connectivity index (χ3v) is 5.57. The molecule has 0 saturated heterocycles. The summed E-state index contributed by atoms with van der Waals surface area (Å²) in [6, 6.07) is 9.16. The number of ether oxygens (including phenoxy) is 3. The van der Waals surface area contributed by atoms with Gasteiger partial charge in [0.15, 0.2) is 11.5 Å². The molecule has 7 heteroatoms. The largest absolute Gasteiger partial charge is 0.493 e. The number of carbonyl (C=O) groups is 1. The van der Waals surface area contributed by atoms with Crippen LogP contribution in [0.15, 0.2) is 46.5 Å². The SMILES string of the molecule is COc1ccc(C(=O)N[C@@H](c2ccsc2)c2cccs2)c(OC)c1OC. The Hall–Kier alpha value is -2.51. The highest BCUT2D eigenvalue weighted by atomic mass is 32.1. The number of amides is 1. The van der Waals surface area contributed by atoms with Crippen molar-refractivity contribution in [1.29, 1.82) is 0 Å². The quantitative estimate of drug-likeness (QED) is 0.652. The lowest BCUT2D eigenvalue weighted by Gasteiger charge is -2.19. The molecule has 0 radical (unpaired) electrons. The maximum Gasteiger partial charge on any atom is 0.255 e. The van der Waals surface area contributed by atoms with E-state index < -0.39 is 0 Å². The molecule has 1 aromatic carbocycles. The first-order valence-electron chi connectivity index (χ1n) is 7.85. The molecule has 0 aliphatic heterocycles.